The molecule has 0 bridgehead atoms. The number of hydrogen-bond donors (Lipinski definition) is 1. The van der Waals surface area contributed by atoms with Crippen LogP contribution in [0.25, 0.3) is 0 Å². The largest absolute Gasteiger partial charge is 0.381 e. The van der Waals surface area contributed by atoms with Crippen LogP contribution in [-0.4, -0.2) is 4.92 Å². The minimum Gasteiger partial charge on any atom is -0.381 e. The minimum atomic E-state index is -0.477. The molecule has 0 aliphatic rings. The first-order valence-corrected chi connectivity index (χ1v) is 7.01. The van der Waals surface area contributed by atoms with Crippen molar-refractivity contribution in [3.8, 4) is 0 Å². The molecule has 2 aromatic carbocycles. The number of benzene rings is 2. The van der Waals surface area contributed by atoms with E-state index in [1.165, 1.54) is 34.4 Å². The molecule has 2 aromatic rings. The van der Waals surface area contributed by atoms with Crippen molar-refractivity contribution in [3.05, 3.63) is 67.7 Å². The van der Waals surface area contributed by atoms with Gasteiger partial charge in [-0.1, -0.05) is 23.7 Å². The van der Waals surface area contributed by atoms with Crippen molar-refractivity contribution in [2.24, 2.45) is 0 Å². The minimum absolute atomic E-state index is 0.0847. The van der Waals surface area contributed by atoms with Gasteiger partial charge in [0, 0.05) is 18.3 Å². The summed E-state index contributed by atoms with van der Waals surface area (Å²) in [6.45, 7) is 6.84. The van der Waals surface area contributed by atoms with E-state index in [0.29, 0.717) is 12.2 Å². The van der Waals surface area contributed by atoms with E-state index in [4.69, 9.17) is 11.6 Å². The lowest BCUT2D eigenvalue weighted by Gasteiger charge is -2.12. The van der Waals surface area contributed by atoms with Gasteiger partial charge in [-0.05, 0) is 55.2 Å². The van der Waals surface area contributed by atoms with Crippen LogP contribution in [0.3, 0.4) is 0 Å². The lowest BCUT2D eigenvalue weighted by Crippen LogP contribution is -2.03. The first-order chi connectivity index (χ1) is 9.88. The van der Waals surface area contributed by atoms with Crippen LogP contribution in [0.15, 0.2) is 30.3 Å². The topological polar surface area (TPSA) is 55.2 Å². The van der Waals surface area contributed by atoms with Crippen LogP contribution in [0.4, 0.5) is 11.4 Å². The van der Waals surface area contributed by atoms with Gasteiger partial charge >= 0.3 is 0 Å². The van der Waals surface area contributed by atoms with E-state index in [9.17, 15) is 10.1 Å². The maximum Gasteiger partial charge on any atom is 0.289 e. The number of anilines is 1. The van der Waals surface area contributed by atoms with Gasteiger partial charge in [-0.15, -0.1) is 0 Å². The fourth-order valence-electron chi connectivity index (χ4n) is 2.17. The number of aryl methyl sites for hydroxylation is 3. The molecule has 0 saturated heterocycles. The zero-order chi connectivity index (χ0) is 15.6. The van der Waals surface area contributed by atoms with Gasteiger partial charge in [0.05, 0.1) is 4.92 Å². The predicted molar refractivity (Wildman–Crippen MR) is 86.1 cm³/mol. The van der Waals surface area contributed by atoms with Crippen LogP contribution in [-0.2, 0) is 6.54 Å². The Bertz CT molecular complexity index is 699. The molecular weight excluding hydrogens is 288 g/mol. The molecule has 1 N–H and O–H groups in total. The Labute approximate surface area is 128 Å². The molecule has 0 radical (unpaired) electrons. The Balaban J connectivity index is 2.19. The molecule has 0 atom stereocenters. The average molecular weight is 305 g/mol. The van der Waals surface area contributed by atoms with Gasteiger partial charge in [0.1, 0.15) is 5.02 Å². The molecule has 2 rings (SSSR count). The van der Waals surface area contributed by atoms with E-state index in [1.807, 2.05) is 0 Å². The van der Waals surface area contributed by atoms with Crippen LogP contribution < -0.4 is 5.32 Å². The first kappa shape index (κ1) is 15.3. The average Bonchev–Trinajstić information content (AvgIpc) is 2.42. The summed E-state index contributed by atoms with van der Waals surface area (Å²) in [6, 6.07) is 9.03. The lowest BCUT2D eigenvalue weighted by atomic mass is 10.0. The van der Waals surface area contributed by atoms with Crippen molar-refractivity contribution in [2.45, 2.75) is 27.3 Å². The van der Waals surface area contributed by atoms with Crippen LogP contribution in [0.1, 0.15) is 22.3 Å². The summed E-state index contributed by atoms with van der Waals surface area (Å²) < 4.78 is 0. The molecule has 0 aliphatic carbocycles. The van der Waals surface area contributed by atoms with Crippen LogP contribution in [0.2, 0.25) is 5.02 Å². The second kappa shape index (κ2) is 6.14. The first-order valence-electron chi connectivity index (χ1n) is 6.63. The summed E-state index contributed by atoms with van der Waals surface area (Å²) in [7, 11) is 0. The van der Waals surface area contributed by atoms with Gasteiger partial charge in [-0.2, -0.15) is 0 Å². The number of rotatable bonds is 4. The van der Waals surface area contributed by atoms with Crippen molar-refractivity contribution in [1.82, 2.24) is 0 Å². The molecule has 0 aliphatic heterocycles. The van der Waals surface area contributed by atoms with E-state index < -0.39 is 4.92 Å². The molecule has 4 nitrogen and oxygen atoms in total. The third-order valence-corrected chi connectivity index (χ3v) is 3.90. The van der Waals surface area contributed by atoms with Gasteiger partial charge in [0.15, 0.2) is 0 Å². The predicted octanol–water partition coefficient (Wildman–Crippen LogP) is 4.79. The molecule has 110 valence electrons. The molecule has 0 spiro atoms. The fraction of sp³-hybridized carbons (Fsp3) is 0.250. The summed E-state index contributed by atoms with van der Waals surface area (Å²) in [4.78, 5) is 10.4. The number of nitrogens with zero attached hydrogens (tertiary/aromatic N) is 1. The second-order valence-electron chi connectivity index (χ2n) is 5.14. The SMILES string of the molecule is Cc1cc(C)c(CNc2ccc(Cl)c([N+](=O)[O-])c2)cc1C. The zero-order valence-corrected chi connectivity index (χ0v) is 13.0. The quantitative estimate of drug-likeness (QED) is 0.653. The second-order valence-corrected chi connectivity index (χ2v) is 5.55. The maximum absolute atomic E-state index is 10.9. The molecule has 0 unspecified atom stereocenters. The number of halogens is 1. The van der Waals surface area contributed by atoms with Gasteiger partial charge in [0.25, 0.3) is 5.69 Å². The summed E-state index contributed by atoms with van der Waals surface area (Å²) in [5, 5.41) is 14.2. The normalized spacial score (nSPS) is 10.5. The standard InChI is InChI=1S/C16H17ClN2O2/c1-10-6-12(3)13(7-11(10)2)9-18-14-4-5-15(17)16(8-14)19(20)21/h4-8,18H,9H2,1-3H3. The highest BCUT2D eigenvalue weighted by Gasteiger charge is 2.12. The van der Waals surface area contributed by atoms with E-state index in [0.717, 1.165) is 0 Å². The molecular formula is C16H17ClN2O2. The molecule has 0 aromatic heterocycles. The third kappa shape index (κ3) is 3.52. The highest BCUT2D eigenvalue weighted by atomic mass is 35.5. The highest BCUT2D eigenvalue weighted by molar-refractivity contribution is 6.32. The van der Waals surface area contributed by atoms with Gasteiger partial charge < -0.3 is 5.32 Å². The Morgan fingerprint density at radius 1 is 1.10 bits per heavy atom. The van der Waals surface area contributed by atoms with Gasteiger partial charge in [0.2, 0.25) is 0 Å². The highest BCUT2D eigenvalue weighted by Crippen LogP contribution is 2.27. The number of nitro groups is 1. The number of nitro benzene ring substituents is 1. The molecule has 0 fully saturated rings. The Hall–Kier alpha value is -2.07. The molecule has 0 heterocycles. The van der Waals surface area contributed by atoms with Crippen molar-refractivity contribution in [1.29, 1.82) is 0 Å². The summed E-state index contributed by atoms with van der Waals surface area (Å²) >= 11 is 5.80. The summed E-state index contributed by atoms with van der Waals surface area (Å²) in [5.74, 6) is 0. The Morgan fingerprint density at radius 2 is 1.76 bits per heavy atom. The van der Waals surface area contributed by atoms with Crippen molar-refractivity contribution in [2.75, 3.05) is 5.32 Å². The van der Waals surface area contributed by atoms with Crippen molar-refractivity contribution in [3.63, 3.8) is 0 Å². The van der Waals surface area contributed by atoms with E-state index in [-0.39, 0.29) is 10.7 Å². The molecule has 0 saturated carbocycles. The number of hydrogen-bond acceptors (Lipinski definition) is 3. The Kier molecular flexibility index (Phi) is 4.48. The van der Waals surface area contributed by atoms with Crippen molar-refractivity contribution < 1.29 is 4.92 Å². The lowest BCUT2D eigenvalue weighted by molar-refractivity contribution is -0.384. The molecule has 5 heteroatoms. The van der Waals surface area contributed by atoms with Crippen LogP contribution >= 0.6 is 11.6 Å². The summed E-state index contributed by atoms with van der Waals surface area (Å²) in [5.41, 5.74) is 5.48. The number of nitrogens with one attached hydrogen (secondary N) is 1. The Morgan fingerprint density at radius 3 is 2.43 bits per heavy atom. The summed E-state index contributed by atoms with van der Waals surface area (Å²) in [6.07, 6.45) is 0. The molecule has 21 heavy (non-hydrogen) atoms. The van der Waals surface area contributed by atoms with E-state index in [2.05, 4.69) is 38.2 Å². The van der Waals surface area contributed by atoms with E-state index >= 15 is 0 Å². The van der Waals surface area contributed by atoms with Crippen LogP contribution in [0.5, 0.6) is 0 Å². The van der Waals surface area contributed by atoms with Crippen LogP contribution in [0, 0.1) is 30.9 Å². The van der Waals surface area contributed by atoms with Crippen molar-refractivity contribution >= 4 is 23.0 Å². The molecule has 0 amide bonds. The third-order valence-electron chi connectivity index (χ3n) is 3.58. The zero-order valence-electron chi connectivity index (χ0n) is 12.2. The smallest absolute Gasteiger partial charge is 0.289 e. The maximum atomic E-state index is 10.9. The van der Waals surface area contributed by atoms with Gasteiger partial charge in [-0.3, -0.25) is 10.1 Å². The van der Waals surface area contributed by atoms with Gasteiger partial charge in [-0.25, -0.2) is 0 Å². The van der Waals surface area contributed by atoms with E-state index in [1.54, 1.807) is 6.07 Å². The fourth-order valence-corrected chi connectivity index (χ4v) is 2.36. The monoisotopic (exact) mass is 304 g/mol.